The number of nitrogens with one attached hydrogen (secondary N) is 2. The van der Waals surface area contributed by atoms with Crippen LogP contribution in [0.4, 0.5) is 4.39 Å². The molecule has 2 N–H and O–H groups in total. The predicted molar refractivity (Wildman–Crippen MR) is 111 cm³/mol. The van der Waals surface area contributed by atoms with E-state index in [0.29, 0.717) is 31.8 Å². The van der Waals surface area contributed by atoms with Crippen molar-refractivity contribution < 1.29 is 13.5 Å². The predicted octanol–water partition coefficient (Wildman–Crippen LogP) is 2.38. The van der Waals surface area contributed by atoms with E-state index in [-0.39, 0.29) is 40.4 Å². The number of hydrogen-bond acceptors (Lipinski definition) is 6. The highest BCUT2D eigenvalue weighted by Gasteiger charge is 2.28. The second-order valence-corrected chi connectivity index (χ2v) is 7.13. The Hall–Kier alpha value is -2.46. The number of aromatic amines is 1. The van der Waals surface area contributed by atoms with Gasteiger partial charge in [0.05, 0.1) is 17.7 Å². The van der Waals surface area contributed by atoms with Crippen LogP contribution < -0.4 is 16.6 Å². The molecule has 1 aliphatic heterocycles. The van der Waals surface area contributed by atoms with Crippen molar-refractivity contribution in [1.29, 1.82) is 0 Å². The van der Waals surface area contributed by atoms with E-state index in [9.17, 15) is 14.0 Å². The van der Waals surface area contributed by atoms with E-state index < -0.39 is 17.7 Å². The third kappa shape index (κ3) is 4.65. The van der Waals surface area contributed by atoms with Crippen LogP contribution in [0.25, 0.3) is 11.5 Å². The van der Waals surface area contributed by atoms with Gasteiger partial charge in [-0.1, -0.05) is 17.7 Å². The zero-order valence-electron chi connectivity index (χ0n) is 15.6. The first kappa shape index (κ1) is 22.2. The standard InChI is InChI=1S/C19H18ClFN4O4.ClH/c20-14-4-3-11(8-15(14)21)16-12(9-22-5-7-28-16)10-25-6-1-2-13(18(25)26)17-23-24-19(27)29-17;/h1-4,6,8,12,16,22H,5,7,9-10H2,(H,24,27);1H/t12-,16-;/m0./s1. The number of rotatable bonds is 4. The molecule has 11 heteroatoms. The Morgan fingerprint density at radius 2 is 2.13 bits per heavy atom. The van der Waals surface area contributed by atoms with E-state index in [4.69, 9.17) is 20.8 Å². The molecule has 0 bridgehead atoms. The van der Waals surface area contributed by atoms with Gasteiger partial charge in [-0.25, -0.2) is 14.3 Å². The first-order chi connectivity index (χ1) is 14.0. The van der Waals surface area contributed by atoms with Gasteiger partial charge < -0.3 is 19.0 Å². The highest BCUT2D eigenvalue weighted by molar-refractivity contribution is 6.30. The van der Waals surface area contributed by atoms with Crippen LogP contribution in [0.1, 0.15) is 11.7 Å². The number of ether oxygens (including phenoxy) is 1. The summed E-state index contributed by atoms with van der Waals surface area (Å²) in [6.07, 6.45) is 1.22. The second-order valence-electron chi connectivity index (χ2n) is 6.73. The third-order valence-electron chi connectivity index (χ3n) is 4.80. The number of pyridine rings is 1. The Morgan fingerprint density at radius 3 is 2.87 bits per heavy atom. The molecule has 0 aliphatic carbocycles. The lowest BCUT2D eigenvalue weighted by atomic mass is 9.95. The van der Waals surface area contributed by atoms with E-state index in [1.807, 2.05) is 0 Å². The van der Waals surface area contributed by atoms with Crippen LogP contribution >= 0.6 is 24.0 Å². The maximum absolute atomic E-state index is 14.0. The lowest BCUT2D eigenvalue weighted by Crippen LogP contribution is -2.32. The van der Waals surface area contributed by atoms with Crippen molar-refractivity contribution >= 4 is 24.0 Å². The summed E-state index contributed by atoms with van der Waals surface area (Å²) >= 11 is 5.80. The van der Waals surface area contributed by atoms with Gasteiger partial charge in [0.15, 0.2) is 0 Å². The average molecular weight is 457 g/mol. The minimum atomic E-state index is -0.735. The topological polar surface area (TPSA) is 102 Å². The summed E-state index contributed by atoms with van der Waals surface area (Å²) in [6, 6.07) is 7.80. The van der Waals surface area contributed by atoms with Crippen molar-refractivity contribution in [3.63, 3.8) is 0 Å². The molecule has 2 atom stereocenters. The zero-order chi connectivity index (χ0) is 20.4. The summed E-state index contributed by atoms with van der Waals surface area (Å²) in [5.74, 6) is -1.48. The molecule has 2 aromatic heterocycles. The van der Waals surface area contributed by atoms with E-state index in [0.717, 1.165) is 0 Å². The van der Waals surface area contributed by atoms with Gasteiger partial charge in [0.25, 0.3) is 11.4 Å². The van der Waals surface area contributed by atoms with Crippen LogP contribution in [-0.2, 0) is 11.3 Å². The average Bonchev–Trinajstić information content (AvgIpc) is 3.00. The molecule has 0 unspecified atom stereocenters. The Kier molecular flexibility index (Phi) is 7.09. The maximum Gasteiger partial charge on any atom is 0.434 e. The highest BCUT2D eigenvalue weighted by Crippen LogP contribution is 2.30. The molecule has 30 heavy (non-hydrogen) atoms. The monoisotopic (exact) mass is 456 g/mol. The fourth-order valence-electron chi connectivity index (χ4n) is 3.45. The van der Waals surface area contributed by atoms with Gasteiger partial charge in [-0.2, -0.15) is 0 Å². The molecular weight excluding hydrogens is 438 g/mol. The van der Waals surface area contributed by atoms with Gasteiger partial charge in [-0.3, -0.25) is 4.79 Å². The van der Waals surface area contributed by atoms with Crippen molar-refractivity contribution in [2.45, 2.75) is 12.6 Å². The maximum atomic E-state index is 14.0. The van der Waals surface area contributed by atoms with Crippen molar-refractivity contribution in [3.8, 4) is 11.5 Å². The van der Waals surface area contributed by atoms with Gasteiger partial charge in [-0.05, 0) is 29.8 Å². The molecule has 1 saturated heterocycles. The molecule has 3 aromatic rings. The molecule has 1 aliphatic rings. The fraction of sp³-hybridized carbons (Fsp3) is 0.316. The molecule has 0 amide bonds. The van der Waals surface area contributed by atoms with E-state index in [1.165, 1.54) is 22.8 Å². The summed E-state index contributed by atoms with van der Waals surface area (Å²) in [7, 11) is 0. The van der Waals surface area contributed by atoms with Crippen molar-refractivity contribution in [2.75, 3.05) is 19.7 Å². The minimum absolute atomic E-state index is 0. The smallest absolute Gasteiger partial charge is 0.388 e. The van der Waals surface area contributed by atoms with Crippen LogP contribution in [0.3, 0.4) is 0 Å². The summed E-state index contributed by atoms with van der Waals surface area (Å²) in [4.78, 5) is 24.1. The zero-order valence-corrected chi connectivity index (χ0v) is 17.2. The largest absolute Gasteiger partial charge is 0.434 e. The normalized spacial score (nSPS) is 19.1. The molecule has 8 nitrogen and oxygen atoms in total. The molecule has 0 spiro atoms. The first-order valence-electron chi connectivity index (χ1n) is 9.05. The summed E-state index contributed by atoms with van der Waals surface area (Å²) in [6.45, 7) is 1.99. The molecule has 160 valence electrons. The molecule has 1 aromatic carbocycles. The van der Waals surface area contributed by atoms with Crippen molar-refractivity contribution in [3.05, 3.63) is 73.8 Å². The summed E-state index contributed by atoms with van der Waals surface area (Å²) < 4.78 is 26.4. The lowest BCUT2D eigenvalue weighted by molar-refractivity contribution is 0.0249. The SMILES string of the molecule is Cl.O=c1[nH]nc(-c2cccn(C[C@@H]3CNCCO[C@H]3c3ccc(Cl)c(F)c3)c2=O)o1. The van der Waals surface area contributed by atoms with Gasteiger partial charge in [0.1, 0.15) is 11.4 Å². The Bertz CT molecular complexity index is 1130. The number of halogens is 3. The quantitative estimate of drug-likeness (QED) is 0.624. The molecule has 4 rings (SSSR count). The Labute approximate surface area is 181 Å². The second kappa shape index (κ2) is 9.57. The number of aromatic nitrogens is 3. The Balaban J connectivity index is 0.00000256. The van der Waals surface area contributed by atoms with Crippen molar-refractivity contribution in [1.82, 2.24) is 20.1 Å². The summed E-state index contributed by atoms with van der Waals surface area (Å²) in [5.41, 5.74) is 0.471. The van der Waals surface area contributed by atoms with E-state index in [2.05, 4.69) is 15.5 Å². The highest BCUT2D eigenvalue weighted by atomic mass is 35.5. The van der Waals surface area contributed by atoms with Gasteiger partial charge in [-0.15, -0.1) is 17.5 Å². The van der Waals surface area contributed by atoms with Crippen LogP contribution in [0, 0.1) is 11.7 Å². The fourth-order valence-corrected chi connectivity index (χ4v) is 3.57. The number of nitrogens with zero attached hydrogens (tertiary/aromatic N) is 2. The van der Waals surface area contributed by atoms with Crippen molar-refractivity contribution in [2.24, 2.45) is 5.92 Å². The van der Waals surface area contributed by atoms with Crippen LogP contribution in [0.5, 0.6) is 0 Å². The first-order valence-corrected chi connectivity index (χ1v) is 9.43. The van der Waals surface area contributed by atoms with Crippen LogP contribution in [-0.4, -0.2) is 34.5 Å². The molecule has 0 radical (unpaired) electrons. The van der Waals surface area contributed by atoms with E-state index in [1.54, 1.807) is 18.3 Å². The molecule has 3 heterocycles. The summed E-state index contributed by atoms with van der Waals surface area (Å²) in [5, 5.41) is 9.18. The van der Waals surface area contributed by atoms with Gasteiger partial charge in [0, 0.05) is 31.7 Å². The van der Waals surface area contributed by atoms with Gasteiger partial charge >= 0.3 is 5.76 Å². The molecule has 0 saturated carbocycles. The number of H-pyrrole nitrogens is 1. The minimum Gasteiger partial charge on any atom is -0.388 e. The van der Waals surface area contributed by atoms with E-state index >= 15 is 0 Å². The number of benzene rings is 1. The van der Waals surface area contributed by atoms with Crippen LogP contribution in [0.15, 0.2) is 50.5 Å². The Morgan fingerprint density at radius 1 is 1.30 bits per heavy atom. The number of hydrogen-bond donors (Lipinski definition) is 2. The van der Waals surface area contributed by atoms with Crippen LogP contribution in [0.2, 0.25) is 5.02 Å². The third-order valence-corrected chi connectivity index (χ3v) is 5.11. The molecule has 1 fully saturated rings. The lowest BCUT2D eigenvalue weighted by Gasteiger charge is -2.26. The van der Waals surface area contributed by atoms with Gasteiger partial charge in [0.2, 0.25) is 0 Å². The molecular formula is C19H19Cl2FN4O4.